The van der Waals surface area contributed by atoms with Crippen LogP contribution in [0.25, 0.3) is 0 Å². The second-order valence-electron chi connectivity index (χ2n) is 6.24. The third kappa shape index (κ3) is 7.18. The summed E-state index contributed by atoms with van der Waals surface area (Å²) < 4.78 is 11.6. The van der Waals surface area contributed by atoms with Crippen molar-refractivity contribution in [3.8, 4) is 11.5 Å². The summed E-state index contributed by atoms with van der Waals surface area (Å²) in [5.74, 6) is 2.21. The standard InChI is InChI=1S/C17H26N4O2S.2C2H6/c1-5-21(3)10-18-13-9-14(22-4)15(8-11(13)2)23-17-20-19-16(24-17)12-6-7-12;2*1-2/h8-10,12,16-17,19-20H,5-7H2,1-4H3;2*1-2H3. The van der Waals surface area contributed by atoms with E-state index in [1.165, 1.54) is 12.8 Å². The lowest BCUT2D eigenvalue weighted by atomic mass is 10.2. The van der Waals surface area contributed by atoms with E-state index < -0.39 is 0 Å². The molecule has 7 heteroatoms. The molecule has 2 fully saturated rings. The fourth-order valence-electron chi connectivity index (χ4n) is 2.44. The number of benzene rings is 1. The number of ether oxygens (including phenoxy) is 2. The van der Waals surface area contributed by atoms with E-state index in [4.69, 9.17) is 9.47 Å². The summed E-state index contributed by atoms with van der Waals surface area (Å²) in [5.41, 5.74) is 8.36. The molecule has 0 radical (unpaired) electrons. The summed E-state index contributed by atoms with van der Waals surface area (Å²) in [6.45, 7) is 13.0. The molecule has 3 rings (SSSR count). The van der Waals surface area contributed by atoms with Crippen molar-refractivity contribution >= 4 is 23.8 Å². The number of nitrogens with zero attached hydrogens (tertiary/aromatic N) is 2. The molecule has 0 spiro atoms. The largest absolute Gasteiger partial charge is 0.493 e. The number of aryl methyl sites for hydroxylation is 1. The molecule has 2 aliphatic rings. The van der Waals surface area contributed by atoms with Gasteiger partial charge in [0.05, 0.1) is 24.5 Å². The van der Waals surface area contributed by atoms with Crippen LogP contribution in [-0.4, -0.2) is 42.9 Å². The molecular weight excluding hydrogens is 372 g/mol. The number of methoxy groups -OCH3 is 1. The predicted octanol–water partition coefficient (Wildman–Crippen LogP) is 4.91. The van der Waals surface area contributed by atoms with Crippen molar-refractivity contribution < 1.29 is 9.47 Å². The van der Waals surface area contributed by atoms with Gasteiger partial charge in [0, 0.05) is 19.7 Å². The van der Waals surface area contributed by atoms with Gasteiger partial charge in [-0.1, -0.05) is 39.5 Å². The van der Waals surface area contributed by atoms with Crippen molar-refractivity contribution in [2.75, 3.05) is 20.7 Å². The number of rotatable bonds is 7. The van der Waals surface area contributed by atoms with Crippen LogP contribution in [-0.2, 0) is 0 Å². The van der Waals surface area contributed by atoms with Gasteiger partial charge in [-0.2, -0.15) is 0 Å². The molecule has 1 aromatic carbocycles. The van der Waals surface area contributed by atoms with Gasteiger partial charge in [-0.25, -0.2) is 15.8 Å². The smallest absolute Gasteiger partial charge is 0.212 e. The third-order valence-corrected chi connectivity index (χ3v) is 5.53. The lowest BCUT2D eigenvalue weighted by molar-refractivity contribution is 0.229. The Morgan fingerprint density at radius 1 is 1.18 bits per heavy atom. The van der Waals surface area contributed by atoms with Gasteiger partial charge in [0.15, 0.2) is 11.5 Å². The van der Waals surface area contributed by atoms with Gasteiger partial charge in [-0.15, -0.1) is 0 Å². The van der Waals surface area contributed by atoms with E-state index >= 15 is 0 Å². The molecule has 2 unspecified atom stereocenters. The first-order valence-corrected chi connectivity index (χ1v) is 11.3. The number of hydrogen-bond donors (Lipinski definition) is 2. The number of hydrogen-bond acceptors (Lipinski definition) is 6. The Hall–Kier alpha value is -1.44. The van der Waals surface area contributed by atoms with Crippen LogP contribution in [0.2, 0.25) is 0 Å². The Morgan fingerprint density at radius 3 is 2.43 bits per heavy atom. The molecule has 1 saturated heterocycles. The highest BCUT2D eigenvalue weighted by molar-refractivity contribution is 8.00. The van der Waals surface area contributed by atoms with Crippen molar-refractivity contribution in [1.82, 2.24) is 15.8 Å². The average molecular weight is 411 g/mol. The molecule has 1 aliphatic heterocycles. The second kappa shape index (κ2) is 12.9. The van der Waals surface area contributed by atoms with Crippen molar-refractivity contribution in [3.05, 3.63) is 17.7 Å². The quantitative estimate of drug-likeness (QED) is 0.492. The van der Waals surface area contributed by atoms with Crippen LogP contribution in [0.3, 0.4) is 0 Å². The Balaban J connectivity index is 0.000000921. The van der Waals surface area contributed by atoms with E-state index in [0.29, 0.717) is 11.1 Å². The summed E-state index contributed by atoms with van der Waals surface area (Å²) in [5, 5.41) is 0.440. The Labute approximate surface area is 175 Å². The summed E-state index contributed by atoms with van der Waals surface area (Å²) in [6, 6.07) is 3.92. The first kappa shape index (κ1) is 24.6. The zero-order chi connectivity index (χ0) is 21.1. The van der Waals surface area contributed by atoms with E-state index in [9.17, 15) is 0 Å². The van der Waals surface area contributed by atoms with Crippen LogP contribution in [0.15, 0.2) is 17.1 Å². The zero-order valence-corrected chi connectivity index (χ0v) is 19.5. The van der Waals surface area contributed by atoms with Crippen LogP contribution in [0.1, 0.15) is 53.0 Å². The highest BCUT2D eigenvalue weighted by atomic mass is 32.2. The number of thioether (sulfide) groups is 1. The summed E-state index contributed by atoms with van der Waals surface area (Å²) >= 11 is 1.79. The molecule has 2 N–H and O–H groups in total. The maximum Gasteiger partial charge on any atom is 0.212 e. The molecule has 2 atom stereocenters. The predicted molar refractivity (Wildman–Crippen MR) is 122 cm³/mol. The first-order chi connectivity index (χ1) is 13.6. The van der Waals surface area contributed by atoms with E-state index in [-0.39, 0.29) is 5.56 Å². The molecule has 28 heavy (non-hydrogen) atoms. The van der Waals surface area contributed by atoms with Gasteiger partial charge in [0.25, 0.3) is 0 Å². The molecule has 0 aromatic heterocycles. The van der Waals surface area contributed by atoms with E-state index in [1.54, 1.807) is 18.9 Å². The van der Waals surface area contributed by atoms with E-state index in [1.807, 2.05) is 65.0 Å². The molecule has 160 valence electrons. The van der Waals surface area contributed by atoms with Gasteiger partial charge >= 0.3 is 0 Å². The van der Waals surface area contributed by atoms with E-state index in [2.05, 4.69) is 22.8 Å². The minimum absolute atomic E-state index is 0.107. The van der Waals surface area contributed by atoms with Gasteiger partial charge in [0.1, 0.15) is 0 Å². The van der Waals surface area contributed by atoms with Crippen LogP contribution < -0.4 is 20.3 Å². The zero-order valence-electron chi connectivity index (χ0n) is 18.7. The maximum absolute atomic E-state index is 6.09. The molecule has 0 amide bonds. The normalized spacial score (nSPS) is 20.7. The highest BCUT2D eigenvalue weighted by Crippen LogP contribution is 2.42. The number of hydrazine groups is 1. The van der Waals surface area contributed by atoms with Crippen molar-refractivity contribution in [2.24, 2.45) is 10.9 Å². The van der Waals surface area contributed by atoms with Crippen molar-refractivity contribution in [3.63, 3.8) is 0 Å². The minimum Gasteiger partial charge on any atom is -0.493 e. The minimum atomic E-state index is -0.107. The molecular formula is C21H38N4O2S. The Kier molecular flexibility index (Phi) is 11.3. The lowest BCUT2D eigenvalue weighted by Gasteiger charge is -2.17. The van der Waals surface area contributed by atoms with Gasteiger partial charge in [-0.05, 0) is 44.2 Å². The van der Waals surface area contributed by atoms with Crippen LogP contribution >= 0.6 is 11.8 Å². The molecule has 1 saturated carbocycles. The van der Waals surface area contributed by atoms with Gasteiger partial charge in [-0.3, -0.25) is 0 Å². The highest BCUT2D eigenvalue weighted by Gasteiger charge is 2.38. The molecule has 1 aliphatic carbocycles. The second-order valence-corrected chi connectivity index (χ2v) is 7.45. The fraction of sp³-hybridized carbons (Fsp3) is 0.667. The molecule has 0 bridgehead atoms. The van der Waals surface area contributed by atoms with Gasteiger partial charge in [0.2, 0.25) is 5.56 Å². The Bertz CT molecular complexity index is 608. The third-order valence-electron chi connectivity index (χ3n) is 4.27. The first-order valence-electron chi connectivity index (χ1n) is 10.4. The maximum atomic E-state index is 6.09. The Morgan fingerprint density at radius 2 is 1.86 bits per heavy atom. The monoisotopic (exact) mass is 410 g/mol. The van der Waals surface area contributed by atoms with Crippen LogP contribution in [0.5, 0.6) is 11.5 Å². The number of nitrogens with one attached hydrogen (secondary N) is 2. The van der Waals surface area contributed by atoms with Crippen LogP contribution in [0.4, 0.5) is 5.69 Å². The number of aliphatic imine (C=N–C) groups is 1. The SMILES string of the molecule is CC.CC.CCN(C)C=Nc1cc(OC)c(OC2NNC(C3CC3)S2)cc1C. The fourth-order valence-corrected chi connectivity index (χ4v) is 3.63. The summed E-state index contributed by atoms with van der Waals surface area (Å²) in [7, 11) is 3.66. The lowest BCUT2D eigenvalue weighted by Crippen LogP contribution is -2.36. The summed E-state index contributed by atoms with van der Waals surface area (Å²) in [4.78, 5) is 6.56. The molecule has 1 heterocycles. The van der Waals surface area contributed by atoms with Crippen molar-refractivity contribution in [2.45, 2.75) is 65.3 Å². The van der Waals surface area contributed by atoms with E-state index in [0.717, 1.165) is 29.5 Å². The van der Waals surface area contributed by atoms with Crippen molar-refractivity contribution in [1.29, 1.82) is 0 Å². The topological polar surface area (TPSA) is 58.1 Å². The molecule has 1 aromatic rings. The van der Waals surface area contributed by atoms with Gasteiger partial charge < -0.3 is 14.4 Å². The summed E-state index contributed by atoms with van der Waals surface area (Å²) in [6.07, 6.45) is 4.45. The molecule has 6 nitrogen and oxygen atoms in total. The van der Waals surface area contributed by atoms with Crippen LogP contribution in [0, 0.1) is 12.8 Å². The average Bonchev–Trinajstić information content (AvgIpc) is 3.49.